The molecule has 1 aromatic carbocycles. The second kappa shape index (κ2) is 5.08. The van der Waals surface area contributed by atoms with Crippen molar-refractivity contribution in [2.24, 2.45) is 0 Å². The number of nitrogens with zero attached hydrogens (tertiary/aromatic N) is 3. The third kappa shape index (κ3) is 2.32. The van der Waals surface area contributed by atoms with Crippen molar-refractivity contribution in [1.29, 1.82) is 0 Å². The fourth-order valence-corrected chi connectivity index (χ4v) is 2.67. The summed E-state index contributed by atoms with van der Waals surface area (Å²) in [6.45, 7) is 4.47. The summed E-state index contributed by atoms with van der Waals surface area (Å²) in [6, 6.07) is 8.15. The smallest absolute Gasteiger partial charge is 0.113 e. The van der Waals surface area contributed by atoms with Crippen molar-refractivity contribution in [3.05, 3.63) is 24.3 Å². The Morgan fingerprint density at radius 2 is 2.12 bits per heavy atom. The molecular weight excluding hydrogens is 230 g/mol. The molecule has 0 saturated heterocycles. The van der Waals surface area contributed by atoms with E-state index in [-0.39, 0.29) is 4.87 Å². The van der Waals surface area contributed by atoms with Crippen LogP contribution < -0.4 is 0 Å². The van der Waals surface area contributed by atoms with Gasteiger partial charge in [-0.3, -0.25) is 0 Å². The number of rotatable bonds is 5. The van der Waals surface area contributed by atoms with Crippen molar-refractivity contribution in [3.63, 3.8) is 0 Å². The Bertz CT molecular complexity index is 494. The zero-order valence-electron chi connectivity index (χ0n) is 10.7. The van der Waals surface area contributed by atoms with Crippen molar-refractivity contribution < 1.29 is 0 Å². The molecule has 92 valence electrons. The Hall–Kier alpha value is -1.03. The molecule has 17 heavy (non-hydrogen) atoms. The van der Waals surface area contributed by atoms with Gasteiger partial charge in [-0.25, -0.2) is 4.68 Å². The van der Waals surface area contributed by atoms with Gasteiger partial charge in [-0.1, -0.05) is 37.1 Å². The number of benzene rings is 1. The molecule has 0 bridgehead atoms. The zero-order chi connectivity index (χ0) is 12.3. The Balaban J connectivity index is 2.42. The van der Waals surface area contributed by atoms with Gasteiger partial charge >= 0.3 is 0 Å². The molecule has 0 N–H and O–H groups in total. The van der Waals surface area contributed by atoms with Crippen LogP contribution in [0.15, 0.2) is 24.3 Å². The lowest BCUT2D eigenvalue weighted by Gasteiger charge is -2.28. The van der Waals surface area contributed by atoms with E-state index in [1.165, 1.54) is 12.8 Å². The average molecular weight is 249 g/mol. The van der Waals surface area contributed by atoms with Crippen LogP contribution in [0.3, 0.4) is 0 Å². The van der Waals surface area contributed by atoms with Crippen LogP contribution >= 0.6 is 11.8 Å². The van der Waals surface area contributed by atoms with Crippen LogP contribution in [0.2, 0.25) is 0 Å². The van der Waals surface area contributed by atoms with E-state index in [0.717, 1.165) is 17.5 Å². The van der Waals surface area contributed by atoms with Crippen LogP contribution in [0.4, 0.5) is 0 Å². The van der Waals surface area contributed by atoms with Crippen LogP contribution in [0.1, 0.15) is 33.1 Å². The van der Waals surface area contributed by atoms with E-state index < -0.39 is 0 Å². The van der Waals surface area contributed by atoms with Gasteiger partial charge in [-0.2, -0.15) is 0 Å². The Morgan fingerprint density at radius 3 is 2.82 bits per heavy atom. The lowest BCUT2D eigenvalue weighted by atomic mass is 10.1. The van der Waals surface area contributed by atoms with Gasteiger partial charge in [0.25, 0.3) is 0 Å². The molecule has 1 atom stereocenters. The van der Waals surface area contributed by atoms with Gasteiger partial charge in [-0.15, -0.1) is 16.9 Å². The first-order valence-corrected chi connectivity index (χ1v) is 7.30. The highest BCUT2D eigenvalue weighted by Crippen LogP contribution is 2.35. The van der Waals surface area contributed by atoms with Crippen molar-refractivity contribution in [2.75, 3.05) is 6.26 Å². The van der Waals surface area contributed by atoms with Crippen LogP contribution in [-0.4, -0.2) is 21.2 Å². The summed E-state index contributed by atoms with van der Waals surface area (Å²) in [5.41, 5.74) is 2.10. The summed E-state index contributed by atoms with van der Waals surface area (Å²) >= 11 is 1.85. The molecule has 1 aromatic heterocycles. The van der Waals surface area contributed by atoms with Crippen LogP contribution in [-0.2, 0) is 4.87 Å². The first-order chi connectivity index (χ1) is 8.21. The predicted molar refractivity (Wildman–Crippen MR) is 74.2 cm³/mol. The summed E-state index contributed by atoms with van der Waals surface area (Å²) in [4.78, 5) is 0.00606. The summed E-state index contributed by atoms with van der Waals surface area (Å²) < 4.78 is 2.07. The molecule has 1 heterocycles. The lowest BCUT2D eigenvalue weighted by Crippen LogP contribution is -2.27. The first kappa shape index (κ1) is 12.4. The molecular formula is C13H19N3S. The monoisotopic (exact) mass is 249 g/mol. The fourth-order valence-electron chi connectivity index (χ4n) is 2.02. The van der Waals surface area contributed by atoms with Gasteiger partial charge in [0.05, 0.1) is 5.52 Å². The van der Waals surface area contributed by atoms with E-state index in [9.17, 15) is 0 Å². The van der Waals surface area contributed by atoms with Crippen molar-refractivity contribution >= 4 is 22.8 Å². The predicted octanol–water partition coefficient (Wildman–Crippen LogP) is 3.66. The van der Waals surface area contributed by atoms with E-state index in [2.05, 4.69) is 41.2 Å². The Labute approximate surface area is 107 Å². The summed E-state index contributed by atoms with van der Waals surface area (Å²) in [6.07, 6.45) is 5.69. The summed E-state index contributed by atoms with van der Waals surface area (Å²) in [5, 5.41) is 8.58. The lowest BCUT2D eigenvalue weighted by molar-refractivity contribution is 0.398. The minimum absolute atomic E-state index is 0.00606. The molecule has 0 amide bonds. The van der Waals surface area contributed by atoms with Gasteiger partial charge in [0.1, 0.15) is 10.4 Å². The molecule has 3 nitrogen and oxygen atoms in total. The van der Waals surface area contributed by atoms with E-state index in [4.69, 9.17) is 0 Å². The molecule has 0 aliphatic carbocycles. The molecule has 2 rings (SSSR count). The summed E-state index contributed by atoms with van der Waals surface area (Å²) in [5.74, 6) is 0. The topological polar surface area (TPSA) is 30.7 Å². The van der Waals surface area contributed by atoms with Crippen LogP contribution in [0.5, 0.6) is 0 Å². The standard InChI is InChI=1S/C13H19N3S/c1-4-5-10-13(2,17-3)16-12-9-7-6-8-11(12)14-15-16/h6-9H,4-5,10H2,1-3H3. The minimum atomic E-state index is 0.00606. The normalized spacial score (nSPS) is 15.0. The third-order valence-electron chi connectivity index (χ3n) is 3.23. The third-order valence-corrected chi connectivity index (χ3v) is 4.49. The molecule has 4 heteroatoms. The number of hydrogen-bond donors (Lipinski definition) is 0. The molecule has 0 aliphatic rings. The van der Waals surface area contributed by atoms with Crippen molar-refractivity contribution in [2.45, 2.75) is 38.0 Å². The quantitative estimate of drug-likeness (QED) is 0.810. The maximum Gasteiger partial charge on any atom is 0.113 e. The van der Waals surface area contributed by atoms with Gasteiger partial charge in [0, 0.05) is 0 Å². The molecule has 2 aromatic rings. The highest BCUT2D eigenvalue weighted by Gasteiger charge is 2.27. The van der Waals surface area contributed by atoms with Gasteiger partial charge < -0.3 is 0 Å². The highest BCUT2D eigenvalue weighted by molar-refractivity contribution is 7.99. The minimum Gasteiger partial charge on any atom is -0.229 e. The second-order valence-electron chi connectivity index (χ2n) is 4.47. The number of unbranched alkanes of at least 4 members (excludes halogenated alkanes) is 1. The van der Waals surface area contributed by atoms with Gasteiger partial charge in [0.2, 0.25) is 0 Å². The molecule has 0 saturated carbocycles. The molecule has 0 fully saturated rings. The van der Waals surface area contributed by atoms with E-state index in [0.29, 0.717) is 0 Å². The zero-order valence-corrected chi connectivity index (χ0v) is 11.5. The molecule has 1 unspecified atom stereocenters. The Morgan fingerprint density at radius 1 is 1.35 bits per heavy atom. The van der Waals surface area contributed by atoms with E-state index >= 15 is 0 Å². The van der Waals surface area contributed by atoms with Crippen LogP contribution in [0.25, 0.3) is 11.0 Å². The highest BCUT2D eigenvalue weighted by atomic mass is 32.2. The first-order valence-electron chi connectivity index (χ1n) is 6.07. The summed E-state index contributed by atoms with van der Waals surface area (Å²) in [7, 11) is 0. The van der Waals surface area contributed by atoms with Crippen LogP contribution in [0, 0.1) is 0 Å². The van der Waals surface area contributed by atoms with E-state index in [1.807, 2.05) is 30.0 Å². The largest absolute Gasteiger partial charge is 0.229 e. The number of aromatic nitrogens is 3. The second-order valence-corrected chi connectivity index (χ2v) is 5.76. The van der Waals surface area contributed by atoms with Gasteiger partial charge in [0.15, 0.2) is 0 Å². The Kier molecular flexibility index (Phi) is 3.72. The maximum absolute atomic E-state index is 4.34. The number of para-hydroxylation sites is 1. The SMILES string of the molecule is CCCCC(C)(SC)n1nnc2ccccc21. The van der Waals surface area contributed by atoms with Crippen molar-refractivity contribution in [1.82, 2.24) is 15.0 Å². The number of fused-ring (bicyclic) bond motifs is 1. The molecule has 0 spiro atoms. The van der Waals surface area contributed by atoms with E-state index in [1.54, 1.807) is 0 Å². The van der Waals surface area contributed by atoms with Gasteiger partial charge in [-0.05, 0) is 31.7 Å². The maximum atomic E-state index is 4.34. The van der Waals surface area contributed by atoms with Crippen molar-refractivity contribution in [3.8, 4) is 0 Å². The molecule has 0 aliphatic heterocycles. The molecule has 0 radical (unpaired) electrons. The number of thioether (sulfide) groups is 1. The average Bonchev–Trinajstić information content (AvgIpc) is 2.80. The fraction of sp³-hybridized carbons (Fsp3) is 0.538. The number of hydrogen-bond acceptors (Lipinski definition) is 3.